The quantitative estimate of drug-likeness (QED) is 0.617. The van der Waals surface area contributed by atoms with Crippen LogP contribution in [0.25, 0.3) is 11.8 Å². The van der Waals surface area contributed by atoms with Crippen molar-refractivity contribution in [2.24, 2.45) is 0 Å². The Morgan fingerprint density at radius 3 is 2.48 bits per heavy atom. The Labute approximate surface area is 159 Å². The number of aromatic nitrogens is 1. The molecule has 0 radical (unpaired) electrons. The van der Waals surface area contributed by atoms with E-state index in [-0.39, 0.29) is 11.5 Å². The summed E-state index contributed by atoms with van der Waals surface area (Å²) in [6.07, 6.45) is 1.68. The molecule has 0 saturated carbocycles. The largest absolute Gasteiger partial charge is 0.497 e. The van der Waals surface area contributed by atoms with E-state index in [1.54, 1.807) is 18.1 Å². The number of benzene rings is 1. The molecule has 0 N–H and O–H groups in total. The van der Waals surface area contributed by atoms with Crippen molar-refractivity contribution >= 4 is 12.0 Å². The molecule has 1 aliphatic rings. The van der Waals surface area contributed by atoms with Gasteiger partial charge in [0.2, 0.25) is 0 Å². The van der Waals surface area contributed by atoms with Gasteiger partial charge in [0.1, 0.15) is 17.4 Å². The predicted octanol–water partition coefficient (Wildman–Crippen LogP) is 2.87. The highest BCUT2D eigenvalue weighted by molar-refractivity contribution is 6.01. The number of nitriles is 1. The Morgan fingerprint density at radius 1 is 1.22 bits per heavy atom. The van der Waals surface area contributed by atoms with Crippen LogP contribution in [0.15, 0.2) is 35.9 Å². The number of amides is 1. The number of hydrogen-bond donors (Lipinski definition) is 0. The zero-order valence-corrected chi connectivity index (χ0v) is 15.9. The molecule has 6 nitrogen and oxygen atoms in total. The van der Waals surface area contributed by atoms with Crippen LogP contribution in [0.1, 0.15) is 17.0 Å². The van der Waals surface area contributed by atoms with Gasteiger partial charge in [-0.05, 0) is 55.8 Å². The Morgan fingerprint density at radius 2 is 1.89 bits per heavy atom. The Hall–Kier alpha value is -3.04. The van der Waals surface area contributed by atoms with E-state index >= 15 is 0 Å². The van der Waals surface area contributed by atoms with Crippen LogP contribution in [0.2, 0.25) is 0 Å². The third kappa shape index (κ3) is 3.88. The molecule has 0 aliphatic carbocycles. The summed E-state index contributed by atoms with van der Waals surface area (Å²) in [5.41, 5.74) is 4.01. The molecule has 1 saturated heterocycles. The molecule has 3 rings (SSSR count). The summed E-state index contributed by atoms with van der Waals surface area (Å²) in [5, 5.41) is 9.51. The number of carbonyl (C=O) groups excluding carboxylic acids is 1. The lowest BCUT2D eigenvalue weighted by Crippen LogP contribution is -2.41. The maximum Gasteiger partial charge on any atom is 0.264 e. The van der Waals surface area contributed by atoms with Crippen molar-refractivity contribution in [1.82, 2.24) is 9.47 Å². The van der Waals surface area contributed by atoms with Crippen LogP contribution < -0.4 is 4.74 Å². The standard InChI is InChI=1S/C21H23N3O3/c1-15-12-17(13-18(14-22)21(25)23-8-10-27-11-9-23)16(2)24(15)19-4-6-20(26-3)7-5-19/h4-7,12-13H,8-11H2,1-3H3. The number of methoxy groups -OCH3 is 1. The Kier molecular flexibility index (Phi) is 5.63. The van der Waals surface area contributed by atoms with Gasteiger partial charge in [-0.2, -0.15) is 5.26 Å². The molecule has 1 aliphatic heterocycles. The smallest absolute Gasteiger partial charge is 0.264 e. The molecule has 140 valence electrons. The number of ether oxygens (including phenoxy) is 2. The first-order valence-electron chi connectivity index (χ1n) is 8.87. The highest BCUT2D eigenvalue weighted by Crippen LogP contribution is 2.24. The highest BCUT2D eigenvalue weighted by atomic mass is 16.5. The topological polar surface area (TPSA) is 67.5 Å². The molecule has 2 aromatic rings. The molecule has 0 atom stereocenters. The molecular weight excluding hydrogens is 342 g/mol. The van der Waals surface area contributed by atoms with Gasteiger partial charge in [-0.25, -0.2) is 0 Å². The lowest BCUT2D eigenvalue weighted by atomic mass is 10.1. The molecule has 1 fully saturated rings. The highest BCUT2D eigenvalue weighted by Gasteiger charge is 2.21. The molecular formula is C21H23N3O3. The second kappa shape index (κ2) is 8.11. The van der Waals surface area contributed by atoms with E-state index in [0.717, 1.165) is 28.4 Å². The zero-order valence-electron chi connectivity index (χ0n) is 15.9. The van der Waals surface area contributed by atoms with Gasteiger partial charge < -0.3 is 18.9 Å². The lowest BCUT2D eigenvalue weighted by Gasteiger charge is -2.26. The molecule has 0 unspecified atom stereocenters. The summed E-state index contributed by atoms with van der Waals surface area (Å²) in [6, 6.07) is 11.8. The van der Waals surface area contributed by atoms with Gasteiger partial charge in [-0.3, -0.25) is 4.79 Å². The average Bonchev–Trinajstić information content (AvgIpc) is 2.99. The van der Waals surface area contributed by atoms with E-state index in [9.17, 15) is 10.1 Å². The van der Waals surface area contributed by atoms with Crippen LogP contribution >= 0.6 is 0 Å². The summed E-state index contributed by atoms with van der Waals surface area (Å²) in [4.78, 5) is 14.3. The fraction of sp³-hybridized carbons (Fsp3) is 0.333. The van der Waals surface area contributed by atoms with Crippen LogP contribution in [0.4, 0.5) is 0 Å². The minimum Gasteiger partial charge on any atom is -0.497 e. The maximum atomic E-state index is 12.6. The number of rotatable bonds is 4. The number of nitrogens with zero attached hydrogens (tertiary/aromatic N) is 3. The first-order valence-corrected chi connectivity index (χ1v) is 8.87. The van der Waals surface area contributed by atoms with Crippen LogP contribution in [-0.4, -0.2) is 48.8 Å². The number of morpholine rings is 1. The van der Waals surface area contributed by atoms with E-state index in [0.29, 0.717) is 26.3 Å². The van der Waals surface area contributed by atoms with Crippen molar-refractivity contribution in [3.8, 4) is 17.5 Å². The number of aryl methyl sites for hydroxylation is 1. The predicted molar refractivity (Wildman–Crippen MR) is 103 cm³/mol. The Bertz CT molecular complexity index is 898. The molecule has 2 heterocycles. The Balaban J connectivity index is 1.93. The molecule has 1 amide bonds. The maximum absolute atomic E-state index is 12.6. The van der Waals surface area contributed by atoms with Crippen LogP contribution in [0, 0.1) is 25.2 Å². The molecule has 0 spiro atoms. The van der Waals surface area contributed by atoms with Crippen LogP contribution in [0.5, 0.6) is 5.75 Å². The first-order chi connectivity index (χ1) is 13.0. The zero-order chi connectivity index (χ0) is 19.4. The van der Waals surface area contributed by atoms with Gasteiger partial charge in [-0.15, -0.1) is 0 Å². The normalized spacial score (nSPS) is 14.7. The van der Waals surface area contributed by atoms with Crippen molar-refractivity contribution in [2.75, 3.05) is 33.4 Å². The van der Waals surface area contributed by atoms with E-state index in [1.807, 2.05) is 44.2 Å². The minimum atomic E-state index is -0.241. The van der Waals surface area contributed by atoms with Gasteiger partial charge in [0.15, 0.2) is 0 Å². The van der Waals surface area contributed by atoms with Crippen LogP contribution in [0.3, 0.4) is 0 Å². The second-order valence-corrected chi connectivity index (χ2v) is 6.43. The first kappa shape index (κ1) is 18.7. The van der Waals surface area contributed by atoms with Gasteiger partial charge in [-0.1, -0.05) is 0 Å². The SMILES string of the molecule is COc1ccc(-n2c(C)cc(C=C(C#N)C(=O)N3CCOCC3)c2C)cc1. The average molecular weight is 365 g/mol. The van der Waals surface area contributed by atoms with E-state index in [1.165, 1.54) is 0 Å². The lowest BCUT2D eigenvalue weighted by molar-refractivity contribution is -0.130. The molecule has 27 heavy (non-hydrogen) atoms. The monoisotopic (exact) mass is 365 g/mol. The van der Waals surface area contributed by atoms with Crippen LogP contribution in [-0.2, 0) is 9.53 Å². The van der Waals surface area contributed by atoms with E-state index < -0.39 is 0 Å². The van der Waals surface area contributed by atoms with E-state index in [2.05, 4.69) is 10.6 Å². The van der Waals surface area contributed by atoms with Crippen molar-refractivity contribution in [1.29, 1.82) is 5.26 Å². The number of carbonyl (C=O) groups is 1. The summed E-state index contributed by atoms with van der Waals surface area (Å²) in [7, 11) is 1.64. The third-order valence-electron chi connectivity index (χ3n) is 4.75. The number of hydrogen-bond acceptors (Lipinski definition) is 4. The third-order valence-corrected chi connectivity index (χ3v) is 4.75. The van der Waals surface area contributed by atoms with Gasteiger partial charge >= 0.3 is 0 Å². The van der Waals surface area contributed by atoms with Crippen molar-refractivity contribution in [2.45, 2.75) is 13.8 Å². The summed E-state index contributed by atoms with van der Waals surface area (Å²) in [6.45, 7) is 6.04. The molecule has 6 heteroatoms. The second-order valence-electron chi connectivity index (χ2n) is 6.43. The van der Waals surface area contributed by atoms with Crippen molar-refractivity contribution < 1.29 is 14.3 Å². The molecule has 1 aromatic carbocycles. The van der Waals surface area contributed by atoms with E-state index in [4.69, 9.17) is 9.47 Å². The van der Waals surface area contributed by atoms with Crippen molar-refractivity contribution in [3.63, 3.8) is 0 Å². The van der Waals surface area contributed by atoms with Crippen molar-refractivity contribution in [3.05, 3.63) is 52.9 Å². The minimum absolute atomic E-state index is 0.145. The van der Waals surface area contributed by atoms with Gasteiger partial charge in [0.05, 0.1) is 20.3 Å². The van der Waals surface area contributed by atoms with Gasteiger partial charge in [0, 0.05) is 30.2 Å². The molecule has 1 aromatic heterocycles. The van der Waals surface area contributed by atoms with Gasteiger partial charge in [0.25, 0.3) is 5.91 Å². The fourth-order valence-electron chi connectivity index (χ4n) is 3.30. The summed E-state index contributed by atoms with van der Waals surface area (Å²) in [5.74, 6) is 0.555. The summed E-state index contributed by atoms with van der Waals surface area (Å²) >= 11 is 0. The summed E-state index contributed by atoms with van der Waals surface area (Å²) < 4.78 is 12.6. The fourth-order valence-corrected chi connectivity index (χ4v) is 3.30. The molecule has 0 bridgehead atoms.